The summed E-state index contributed by atoms with van der Waals surface area (Å²) in [6, 6.07) is 4.05. The fourth-order valence-electron chi connectivity index (χ4n) is 3.07. The Bertz CT molecular complexity index is 589. The highest BCUT2D eigenvalue weighted by molar-refractivity contribution is 6.03. The van der Waals surface area contributed by atoms with Crippen molar-refractivity contribution in [3.8, 4) is 0 Å². The molecule has 1 heterocycles. The van der Waals surface area contributed by atoms with E-state index < -0.39 is 0 Å². The zero-order valence-corrected chi connectivity index (χ0v) is 22.2. The molecule has 178 valence electrons. The number of aliphatic imine (C=N–C) groups is 2. The number of aromatic nitrogens is 1. The van der Waals surface area contributed by atoms with Crippen LogP contribution in [0.5, 0.6) is 0 Å². The third-order valence-electron chi connectivity index (χ3n) is 5.16. The Hall–Kier alpha value is -1.77. The lowest BCUT2D eigenvalue weighted by Gasteiger charge is -2.27. The third-order valence-corrected chi connectivity index (χ3v) is 5.16. The fraction of sp³-hybridized carbons (Fsp3) is 0.679. The van der Waals surface area contributed by atoms with Gasteiger partial charge in [0.1, 0.15) is 5.84 Å². The number of aryl methyl sites for hydroxylation is 2. The van der Waals surface area contributed by atoms with Gasteiger partial charge in [0.2, 0.25) is 0 Å². The van der Waals surface area contributed by atoms with Crippen LogP contribution in [0, 0.1) is 25.7 Å². The monoisotopic (exact) mass is 429 g/mol. The minimum Gasteiger partial charge on any atom is -0.274 e. The molecule has 1 aliphatic rings. The second kappa shape index (κ2) is 21.5. The number of hydrogen-bond acceptors (Lipinski definition) is 2. The summed E-state index contributed by atoms with van der Waals surface area (Å²) >= 11 is 0. The van der Waals surface area contributed by atoms with Crippen LogP contribution in [0.1, 0.15) is 104 Å². The van der Waals surface area contributed by atoms with Gasteiger partial charge in [0.05, 0.1) is 0 Å². The maximum absolute atomic E-state index is 4.54. The zero-order chi connectivity index (χ0) is 24.1. The number of allylic oxidation sites excluding steroid dienone is 1. The van der Waals surface area contributed by atoms with Crippen LogP contribution in [0.2, 0.25) is 0 Å². The molecule has 0 spiro atoms. The molecule has 1 aliphatic carbocycles. The molecular weight excluding hydrogens is 378 g/mol. The van der Waals surface area contributed by atoms with Crippen LogP contribution in [0.3, 0.4) is 0 Å². The third kappa shape index (κ3) is 17.6. The molecule has 0 radical (unpaired) electrons. The van der Waals surface area contributed by atoms with Crippen LogP contribution in [0.25, 0.3) is 0 Å². The summed E-state index contributed by atoms with van der Waals surface area (Å²) in [4.78, 5) is 12.9. The predicted molar refractivity (Wildman–Crippen MR) is 143 cm³/mol. The normalized spacial score (nSPS) is 18.4. The van der Waals surface area contributed by atoms with Crippen molar-refractivity contribution in [2.24, 2.45) is 21.8 Å². The summed E-state index contributed by atoms with van der Waals surface area (Å²) < 4.78 is 0. The minimum absolute atomic E-state index is 0.572. The molecule has 3 heteroatoms. The maximum Gasteiger partial charge on any atom is 0.126 e. The highest BCUT2D eigenvalue weighted by Crippen LogP contribution is 2.31. The highest BCUT2D eigenvalue weighted by atomic mass is 14.9. The van der Waals surface area contributed by atoms with Crippen LogP contribution in [0.15, 0.2) is 41.0 Å². The molecule has 1 fully saturated rings. The first kappa shape index (κ1) is 31.4. The molecule has 3 nitrogen and oxygen atoms in total. The maximum atomic E-state index is 4.54. The second-order valence-electron chi connectivity index (χ2n) is 8.35. The van der Waals surface area contributed by atoms with E-state index in [4.69, 9.17) is 0 Å². The average molecular weight is 430 g/mol. The van der Waals surface area contributed by atoms with E-state index >= 15 is 0 Å². The molecule has 0 bridgehead atoms. The van der Waals surface area contributed by atoms with Crippen molar-refractivity contribution in [1.29, 1.82) is 0 Å². The molecule has 31 heavy (non-hydrogen) atoms. The molecule has 0 aliphatic heterocycles. The van der Waals surface area contributed by atoms with Gasteiger partial charge in [-0.05, 0) is 76.1 Å². The van der Waals surface area contributed by atoms with Crippen LogP contribution < -0.4 is 0 Å². The first-order chi connectivity index (χ1) is 14.8. The number of unbranched alkanes of at least 4 members (excludes halogenated alkanes) is 1. The zero-order valence-electron chi connectivity index (χ0n) is 22.2. The smallest absolute Gasteiger partial charge is 0.126 e. The van der Waals surface area contributed by atoms with E-state index in [0.29, 0.717) is 5.92 Å². The molecular formula is C28H51N3. The summed E-state index contributed by atoms with van der Waals surface area (Å²) in [5.74, 6) is 2.52. The Morgan fingerprint density at radius 3 is 1.94 bits per heavy atom. The second-order valence-corrected chi connectivity index (χ2v) is 8.35. The summed E-state index contributed by atoms with van der Waals surface area (Å²) in [5, 5.41) is 0. The Labute approximate surface area is 194 Å². The van der Waals surface area contributed by atoms with Gasteiger partial charge in [0, 0.05) is 30.6 Å². The van der Waals surface area contributed by atoms with Crippen molar-refractivity contribution in [2.75, 3.05) is 7.05 Å². The lowest BCUT2D eigenvalue weighted by Crippen LogP contribution is -2.21. The molecule has 1 saturated carbocycles. The number of nitrogens with zero attached hydrogens (tertiary/aromatic N) is 3. The van der Waals surface area contributed by atoms with Crippen LogP contribution in [0.4, 0.5) is 0 Å². The lowest BCUT2D eigenvalue weighted by atomic mass is 9.80. The van der Waals surface area contributed by atoms with Gasteiger partial charge in [0.25, 0.3) is 0 Å². The van der Waals surface area contributed by atoms with Gasteiger partial charge in [-0.1, -0.05) is 66.9 Å². The van der Waals surface area contributed by atoms with E-state index in [2.05, 4.69) is 69.2 Å². The van der Waals surface area contributed by atoms with Gasteiger partial charge in [-0.2, -0.15) is 0 Å². The molecule has 2 rings (SSSR count). The van der Waals surface area contributed by atoms with E-state index in [9.17, 15) is 0 Å². The number of pyridine rings is 1. The van der Waals surface area contributed by atoms with Crippen molar-refractivity contribution >= 4 is 11.5 Å². The Balaban J connectivity index is 0. The Kier molecular flexibility index (Phi) is 21.7. The lowest BCUT2D eigenvalue weighted by molar-refractivity contribution is 0.314. The number of amidine groups is 1. The van der Waals surface area contributed by atoms with Crippen molar-refractivity contribution in [1.82, 2.24) is 4.98 Å². The summed E-state index contributed by atoms with van der Waals surface area (Å²) in [5.41, 5.74) is 3.33. The SMILES string of the molecule is C=CC(C)=NC(=NC)C1CCC(CC)CC1.CCC.CCCC.Cc1ccnc(C)c1. The highest BCUT2D eigenvalue weighted by Gasteiger charge is 2.23. The molecule has 0 unspecified atom stereocenters. The van der Waals surface area contributed by atoms with Gasteiger partial charge in [-0.3, -0.25) is 9.98 Å². The molecule has 1 aromatic heterocycles. The van der Waals surface area contributed by atoms with Gasteiger partial charge in [-0.15, -0.1) is 0 Å². The van der Waals surface area contributed by atoms with Crippen molar-refractivity contribution in [3.63, 3.8) is 0 Å². The van der Waals surface area contributed by atoms with Gasteiger partial charge < -0.3 is 0 Å². The molecule has 0 N–H and O–H groups in total. The van der Waals surface area contributed by atoms with Gasteiger partial charge in [0.15, 0.2) is 0 Å². The topological polar surface area (TPSA) is 37.6 Å². The largest absolute Gasteiger partial charge is 0.274 e. The number of hydrogen-bond donors (Lipinski definition) is 0. The summed E-state index contributed by atoms with van der Waals surface area (Å²) in [7, 11) is 1.85. The first-order valence-corrected chi connectivity index (χ1v) is 12.4. The Morgan fingerprint density at radius 1 is 1.06 bits per heavy atom. The standard InChI is InChI=1S/C14H24N2.C7H9N.C4H10.C3H8/c1-5-11(3)16-14(15-4)13-9-7-12(6-2)8-10-13;1-6-3-4-8-7(2)5-6;1-3-4-2;1-3-2/h5,12-13H,1,6-10H2,2-4H3;3-5H,1-2H3;3-4H2,1-2H3;3H2,1-2H3. The quantitative estimate of drug-likeness (QED) is 0.348. The van der Waals surface area contributed by atoms with Crippen LogP contribution in [-0.4, -0.2) is 23.6 Å². The van der Waals surface area contributed by atoms with Crippen molar-refractivity contribution in [2.45, 2.75) is 107 Å². The van der Waals surface area contributed by atoms with Crippen molar-refractivity contribution in [3.05, 3.63) is 42.2 Å². The van der Waals surface area contributed by atoms with E-state index in [0.717, 1.165) is 23.2 Å². The van der Waals surface area contributed by atoms with Crippen LogP contribution in [-0.2, 0) is 0 Å². The van der Waals surface area contributed by atoms with Crippen LogP contribution >= 0.6 is 0 Å². The average Bonchev–Trinajstić information content (AvgIpc) is 2.78. The van der Waals surface area contributed by atoms with E-state index in [1.807, 2.05) is 33.2 Å². The first-order valence-electron chi connectivity index (χ1n) is 12.4. The predicted octanol–water partition coefficient (Wildman–Crippen LogP) is 8.80. The molecule has 1 aromatic rings. The summed E-state index contributed by atoms with van der Waals surface area (Å²) in [6.45, 7) is 20.7. The molecule has 0 amide bonds. The summed E-state index contributed by atoms with van der Waals surface area (Å²) in [6.07, 6.45) is 14.0. The minimum atomic E-state index is 0.572. The Morgan fingerprint density at radius 2 is 1.61 bits per heavy atom. The molecule has 0 atom stereocenters. The number of rotatable bonds is 4. The van der Waals surface area contributed by atoms with E-state index in [1.165, 1.54) is 56.9 Å². The van der Waals surface area contributed by atoms with E-state index in [-0.39, 0.29) is 0 Å². The van der Waals surface area contributed by atoms with Crippen molar-refractivity contribution < 1.29 is 0 Å². The molecule has 0 saturated heterocycles. The van der Waals surface area contributed by atoms with E-state index in [1.54, 1.807) is 6.08 Å². The fourth-order valence-corrected chi connectivity index (χ4v) is 3.07. The van der Waals surface area contributed by atoms with Gasteiger partial charge >= 0.3 is 0 Å². The molecule has 0 aromatic carbocycles. The van der Waals surface area contributed by atoms with Gasteiger partial charge in [-0.25, -0.2) is 4.99 Å².